The number of benzene rings is 1. The molecule has 0 spiro atoms. The van der Waals surface area contributed by atoms with E-state index in [1.54, 1.807) is 18.2 Å². The molecule has 7 nitrogen and oxygen atoms in total. The summed E-state index contributed by atoms with van der Waals surface area (Å²) in [5, 5.41) is 2.94. The van der Waals surface area contributed by atoms with Crippen LogP contribution in [0.5, 0.6) is 5.75 Å². The first-order valence-electron chi connectivity index (χ1n) is 7.94. The van der Waals surface area contributed by atoms with Crippen LogP contribution in [0.15, 0.2) is 24.3 Å². The van der Waals surface area contributed by atoms with E-state index >= 15 is 0 Å². The number of hydrogen-bond acceptors (Lipinski definition) is 6. The van der Waals surface area contributed by atoms with E-state index in [0.717, 1.165) is 5.56 Å². The number of esters is 1. The summed E-state index contributed by atoms with van der Waals surface area (Å²) in [5.74, 6) is 0.0547. The summed E-state index contributed by atoms with van der Waals surface area (Å²) in [4.78, 5) is 23.6. The zero-order valence-electron chi connectivity index (χ0n) is 14.3. The van der Waals surface area contributed by atoms with E-state index in [1.807, 2.05) is 6.07 Å². The predicted octanol–water partition coefficient (Wildman–Crippen LogP) is 1.03. The van der Waals surface area contributed by atoms with Gasteiger partial charge in [0.15, 0.2) is 6.61 Å². The van der Waals surface area contributed by atoms with Crippen molar-refractivity contribution in [2.45, 2.75) is 19.4 Å². The highest BCUT2D eigenvalue weighted by Crippen LogP contribution is 2.29. The van der Waals surface area contributed by atoms with Crippen molar-refractivity contribution in [3.8, 4) is 5.75 Å². The Hall–Kier alpha value is -1.83. The Bertz CT molecular complexity index is 576. The normalized spacial score (nSPS) is 15.6. The molecule has 0 saturated carbocycles. The zero-order chi connectivity index (χ0) is 17.4. The van der Waals surface area contributed by atoms with E-state index in [-0.39, 0.29) is 24.9 Å². The van der Waals surface area contributed by atoms with Crippen LogP contribution in [0.2, 0.25) is 0 Å². The first kappa shape index (κ1) is 21.2. The molecule has 1 aromatic carbocycles. The molecule has 1 aliphatic heterocycles. The van der Waals surface area contributed by atoms with Crippen LogP contribution in [0.4, 0.5) is 0 Å². The maximum absolute atomic E-state index is 12.5. The van der Waals surface area contributed by atoms with Gasteiger partial charge in [-0.2, -0.15) is 0 Å². The molecular weight excluding hydrogens is 348 g/mol. The largest absolute Gasteiger partial charge is 0.482 e. The molecule has 1 aliphatic rings. The molecule has 1 aromatic rings. The van der Waals surface area contributed by atoms with Crippen molar-refractivity contribution in [2.75, 3.05) is 33.5 Å². The number of halogens is 1. The van der Waals surface area contributed by atoms with Gasteiger partial charge in [0.2, 0.25) is 5.91 Å². The summed E-state index contributed by atoms with van der Waals surface area (Å²) < 4.78 is 15.2. The highest BCUT2D eigenvalue weighted by atomic mass is 35.5. The molecule has 140 valence electrons. The Balaban J connectivity index is 0.00000312. The van der Waals surface area contributed by atoms with E-state index in [4.69, 9.17) is 15.2 Å². The molecule has 8 heteroatoms. The van der Waals surface area contributed by atoms with Gasteiger partial charge in [-0.3, -0.25) is 4.79 Å². The van der Waals surface area contributed by atoms with Gasteiger partial charge in [-0.1, -0.05) is 12.1 Å². The van der Waals surface area contributed by atoms with E-state index < -0.39 is 11.4 Å². The van der Waals surface area contributed by atoms with E-state index in [9.17, 15) is 9.59 Å². The smallest absolute Gasteiger partial charge is 0.343 e. The van der Waals surface area contributed by atoms with Crippen LogP contribution in [-0.4, -0.2) is 45.4 Å². The van der Waals surface area contributed by atoms with Crippen LogP contribution < -0.4 is 15.8 Å². The third kappa shape index (κ3) is 5.88. The van der Waals surface area contributed by atoms with Crippen molar-refractivity contribution in [2.24, 2.45) is 11.1 Å². The highest BCUT2D eigenvalue weighted by Gasteiger charge is 2.38. The van der Waals surface area contributed by atoms with E-state index in [1.165, 1.54) is 7.11 Å². The lowest BCUT2D eigenvalue weighted by molar-refractivity contribution is -0.143. The number of rotatable bonds is 7. The number of carbonyl (C=O) groups is 2. The van der Waals surface area contributed by atoms with Crippen LogP contribution in [0, 0.1) is 5.41 Å². The SMILES string of the molecule is COC(=O)COc1cccc(CNC(=O)C2(CN)CCOCC2)c1.Cl. The Labute approximate surface area is 153 Å². The second-order valence-corrected chi connectivity index (χ2v) is 5.79. The summed E-state index contributed by atoms with van der Waals surface area (Å²) in [7, 11) is 1.31. The fourth-order valence-corrected chi connectivity index (χ4v) is 2.60. The maximum atomic E-state index is 12.5. The van der Waals surface area contributed by atoms with Gasteiger partial charge >= 0.3 is 5.97 Å². The molecule has 1 saturated heterocycles. The van der Waals surface area contributed by atoms with Crippen molar-refractivity contribution in [1.82, 2.24) is 5.32 Å². The predicted molar refractivity (Wildman–Crippen MR) is 94.6 cm³/mol. The second-order valence-electron chi connectivity index (χ2n) is 5.79. The fourth-order valence-electron chi connectivity index (χ4n) is 2.60. The molecule has 0 radical (unpaired) electrons. The van der Waals surface area contributed by atoms with E-state index in [2.05, 4.69) is 10.1 Å². The van der Waals surface area contributed by atoms with Crippen LogP contribution >= 0.6 is 12.4 Å². The fraction of sp³-hybridized carbons (Fsp3) is 0.529. The van der Waals surface area contributed by atoms with Crippen molar-refractivity contribution >= 4 is 24.3 Å². The van der Waals surface area contributed by atoms with Crippen molar-refractivity contribution in [1.29, 1.82) is 0 Å². The molecule has 0 bridgehead atoms. The topological polar surface area (TPSA) is 99.9 Å². The van der Waals surface area contributed by atoms with Crippen LogP contribution in [-0.2, 0) is 25.6 Å². The molecule has 0 atom stereocenters. The quantitative estimate of drug-likeness (QED) is 0.693. The van der Waals surface area contributed by atoms with Gasteiger partial charge in [-0.15, -0.1) is 12.4 Å². The molecule has 1 heterocycles. The number of nitrogens with two attached hydrogens (primary N) is 1. The van der Waals surface area contributed by atoms with Gasteiger partial charge in [-0.05, 0) is 30.5 Å². The van der Waals surface area contributed by atoms with Crippen LogP contribution in [0.3, 0.4) is 0 Å². The number of carbonyl (C=O) groups excluding carboxylic acids is 2. The monoisotopic (exact) mass is 372 g/mol. The van der Waals surface area contributed by atoms with Gasteiger partial charge in [-0.25, -0.2) is 4.79 Å². The summed E-state index contributed by atoms with van der Waals surface area (Å²) in [5.41, 5.74) is 6.17. The average Bonchev–Trinajstić information content (AvgIpc) is 2.64. The molecule has 25 heavy (non-hydrogen) atoms. The Morgan fingerprint density at radius 2 is 2.04 bits per heavy atom. The van der Waals surface area contributed by atoms with E-state index in [0.29, 0.717) is 44.9 Å². The van der Waals surface area contributed by atoms with Gasteiger partial charge in [0, 0.05) is 26.3 Å². The first-order chi connectivity index (χ1) is 11.6. The number of amides is 1. The molecule has 2 rings (SSSR count). The lowest BCUT2D eigenvalue weighted by Gasteiger charge is -2.34. The van der Waals surface area contributed by atoms with Gasteiger partial charge in [0.25, 0.3) is 0 Å². The lowest BCUT2D eigenvalue weighted by atomic mass is 9.79. The molecule has 0 aromatic heterocycles. The maximum Gasteiger partial charge on any atom is 0.343 e. The molecule has 1 fully saturated rings. The molecule has 0 unspecified atom stereocenters. The summed E-state index contributed by atoms with van der Waals surface area (Å²) in [6.45, 7) is 1.65. The number of nitrogens with one attached hydrogen (secondary N) is 1. The van der Waals surface area contributed by atoms with Crippen molar-refractivity contribution in [3.05, 3.63) is 29.8 Å². The minimum Gasteiger partial charge on any atom is -0.482 e. The first-order valence-corrected chi connectivity index (χ1v) is 7.94. The zero-order valence-corrected chi connectivity index (χ0v) is 15.1. The van der Waals surface area contributed by atoms with Gasteiger partial charge < -0.3 is 25.3 Å². The van der Waals surface area contributed by atoms with Gasteiger partial charge in [0.05, 0.1) is 12.5 Å². The molecule has 0 aliphatic carbocycles. The summed E-state index contributed by atoms with van der Waals surface area (Å²) in [6.07, 6.45) is 1.27. The Morgan fingerprint density at radius 1 is 1.32 bits per heavy atom. The number of hydrogen-bond donors (Lipinski definition) is 2. The minimum absolute atomic E-state index is 0. The Morgan fingerprint density at radius 3 is 2.68 bits per heavy atom. The highest BCUT2D eigenvalue weighted by molar-refractivity contribution is 5.85. The van der Waals surface area contributed by atoms with Crippen molar-refractivity contribution < 1.29 is 23.8 Å². The molecule has 3 N–H and O–H groups in total. The summed E-state index contributed by atoms with van der Waals surface area (Å²) in [6, 6.07) is 7.21. The standard InChI is InChI=1S/C17H24N2O5.ClH/c1-22-15(20)11-24-14-4-2-3-13(9-14)10-19-16(21)17(12-18)5-7-23-8-6-17;/h2-4,9H,5-8,10-12,18H2,1H3,(H,19,21);1H. The summed E-state index contributed by atoms with van der Waals surface area (Å²) >= 11 is 0. The molecular formula is C17H25ClN2O5. The average molecular weight is 373 g/mol. The lowest BCUT2D eigenvalue weighted by Crippen LogP contribution is -2.48. The Kier molecular flexibility index (Phi) is 8.68. The van der Waals surface area contributed by atoms with Crippen LogP contribution in [0.25, 0.3) is 0 Å². The van der Waals surface area contributed by atoms with Gasteiger partial charge in [0.1, 0.15) is 5.75 Å². The van der Waals surface area contributed by atoms with Crippen molar-refractivity contribution in [3.63, 3.8) is 0 Å². The third-order valence-corrected chi connectivity index (χ3v) is 4.26. The number of methoxy groups -OCH3 is 1. The van der Waals surface area contributed by atoms with Crippen LogP contribution in [0.1, 0.15) is 18.4 Å². The number of ether oxygens (including phenoxy) is 3. The third-order valence-electron chi connectivity index (χ3n) is 4.26. The minimum atomic E-state index is -0.544. The second kappa shape index (κ2) is 10.2. The molecule has 1 amide bonds.